The minimum absolute atomic E-state index is 0.233. The van der Waals surface area contributed by atoms with E-state index in [1.807, 2.05) is 0 Å². The molecule has 1 saturated heterocycles. The molecule has 134 valence electrons. The van der Waals surface area contributed by atoms with Gasteiger partial charge in [0.05, 0.1) is 5.75 Å². The molecule has 1 aromatic rings. The van der Waals surface area contributed by atoms with Gasteiger partial charge in [-0.05, 0) is 46.0 Å². The molecule has 1 amide bonds. The van der Waals surface area contributed by atoms with Gasteiger partial charge in [-0.2, -0.15) is 0 Å². The summed E-state index contributed by atoms with van der Waals surface area (Å²) < 4.78 is 0.888. The lowest BCUT2D eigenvalue weighted by atomic mass is 9.96. The third-order valence-electron chi connectivity index (χ3n) is 5.14. The maximum atomic E-state index is 12.6. The molecule has 24 heavy (non-hydrogen) atoms. The minimum Gasteiger partial charge on any atom is -0.357 e. The SMILES string of the molecule is C[C@@H]1CCC[C@@H](C)N1C(=O)CSc1nnc(NC2CCCCC2)s1. The first-order valence-corrected chi connectivity index (χ1v) is 11.0. The fourth-order valence-corrected chi connectivity index (χ4v) is 5.56. The monoisotopic (exact) mass is 368 g/mol. The van der Waals surface area contributed by atoms with Crippen molar-refractivity contribution in [3.63, 3.8) is 0 Å². The van der Waals surface area contributed by atoms with E-state index in [0.29, 0.717) is 23.9 Å². The Morgan fingerprint density at radius 1 is 1.12 bits per heavy atom. The van der Waals surface area contributed by atoms with Gasteiger partial charge < -0.3 is 10.2 Å². The van der Waals surface area contributed by atoms with Gasteiger partial charge in [-0.15, -0.1) is 10.2 Å². The number of hydrogen-bond acceptors (Lipinski definition) is 6. The lowest BCUT2D eigenvalue weighted by Gasteiger charge is -2.39. The van der Waals surface area contributed by atoms with Gasteiger partial charge >= 0.3 is 0 Å². The quantitative estimate of drug-likeness (QED) is 0.791. The Hall–Kier alpha value is -0.820. The Morgan fingerprint density at radius 2 is 1.83 bits per heavy atom. The van der Waals surface area contributed by atoms with Crippen LogP contribution in [-0.4, -0.2) is 44.9 Å². The molecule has 0 aromatic carbocycles. The van der Waals surface area contributed by atoms with Crippen molar-refractivity contribution in [2.24, 2.45) is 0 Å². The van der Waals surface area contributed by atoms with E-state index < -0.39 is 0 Å². The zero-order valence-electron chi connectivity index (χ0n) is 14.7. The molecule has 3 rings (SSSR count). The Kier molecular flexibility index (Phi) is 6.38. The molecular weight excluding hydrogens is 340 g/mol. The Labute approximate surface area is 153 Å². The second kappa shape index (κ2) is 8.52. The zero-order chi connectivity index (χ0) is 16.9. The fourth-order valence-electron chi connectivity index (χ4n) is 3.86. The van der Waals surface area contributed by atoms with Crippen molar-refractivity contribution in [1.29, 1.82) is 0 Å². The average Bonchev–Trinajstić information content (AvgIpc) is 3.01. The number of likely N-dealkylation sites (tertiary alicyclic amines) is 1. The molecule has 1 saturated carbocycles. The summed E-state index contributed by atoms with van der Waals surface area (Å²) in [4.78, 5) is 14.6. The van der Waals surface area contributed by atoms with Gasteiger partial charge in [0.15, 0.2) is 4.34 Å². The molecule has 7 heteroatoms. The van der Waals surface area contributed by atoms with Crippen LogP contribution in [0.1, 0.15) is 65.2 Å². The predicted molar refractivity (Wildman–Crippen MR) is 101 cm³/mol. The highest BCUT2D eigenvalue weighted by Gasteiger charge is 2.28. The molecule has 0 spiro atoms. The number of aromatic nitrogens is 2. The van der Waals surface area contributed by atoms with E-state index in [9.17, 15) is 4.79 Å². The highest BCUT2D eigenvalue weighted by atomic mass is 32.2. The van der Waals surface area contributed by atoms with E-state index in [-0.39, 0.29) is 5.91 Å². The first-order chi connectivity index (χ1) is 11.6. The van der Waals surface area contributed by atoms with Crippen molar-refractivity contribution in [3.8, 4) is 0 Å². The van der Waals surface area contributed by atoms with Crippen LogP contribution in [0.3, 0.4) is 0 Å². The van der Waals surface area contributed by atoms with Crippen LogP contribution in [0.4, 0.5) is 5.13 Å². The number of rotatable bonds is 5. The molecule has 1 aliphatic heterocycles. The van der Waals surface area contributed by atoms with Crippen LogP contribution < -0.4 is 5.32 Å². The topological polar surface area (TPSA) is 58.1 Å². The lowest BCUT2D eigenvalue weighted by Crippen LogP contribution is -2.48. The smallest absolute Gasteiger partial charge is 0.233 e. The number of hydrogen-bond donors (Lipinski definition) is 1. The summed E-state index contributed by atoms with van der Waals surface area (Å²) in [5.74, 6) is 0.698. The van der Waals surface area contributed by atoms with Crippen LogP contribution in [0.5, 0.6) is 0 Å². The summed E-state index contributed by atoms with van der Waals surface area (Å²) in [7, 11) is 0. The fraction of sp³-hybridized carbons (Fsp3) is 0.824. The first-order valence-electron chi connectivity index (χ1n) is 9.17. The van der Waals surface area contributed by atoms with Crippen molar-refractivity contribution in [2.75, 3.05) is 11.1 Å². The van der Waals surface area contributed by atoms with Gasteiger partial charge in [0, 0.05) is 18.1 Å². The summed E-state index contributed by atoms with van der Waals surface area (Å²) in [5, 5.41) is 12.9. The van der Waals surface area contributed by atoms with Crippen molar-refractivity contribution in [3.05, 3.63) is 0 Å². The molecule has 1 aromatic heterocycles. The van der Waals surface area contributed by atoms with E-state index in [2.05, 4.69) is 34.3 Å². The standard InChI is InChI=1S/C17H28N4OS2/c1-12-7-6-8-13(2)21(12)15(22)11-23-17-20-19-16(24-17)18-14-9-4-3-5-10-14/h12-14H,3-11H2,1-2H3,(H,18,19)/t12-,13-/m1/s1. The number of piperidine rings is 1. The zero-order valence-corrected chi connectivity index (χ0v) is 16.3. The summed E-state index contributed by atoms with van der Waals surface area (Å²) in [6.45, 7) is 4.32. The average molecular weight is 369 g/mol. The third kappa shape index (κ3) is 4.63. The van der Waals surface area contributed by atoms with E-state index in [0.717, 1.165) is 22.3 Å². The molecular formula is C17H28N4OS2. The van der Waals surface area contributed by atoms with Crippen LogP contribution in [0.2, 0.25) is 0 Å². The van der Waals surface area contributed by atoms with E-state index in [1.54, 1.807) is 11.3 Å². The van der Waals surface area contributed by atoms with Gasteiger partial charge in [0.2, 0.25) is 11.0 Å². The molecule has 5 nitrogen and oxygen atoms in total. The van der Waals surface area contributed by atoms with Crippen LogP contribution in [0, 0.1) is 0 Å². The van der Waals surface area contributed by atoms with Crippen LogP contribution in [-0.2, 0) is 4.79 Å². The Morgan fingerprint density at radius 3 is 2.54 bits per heavy atom. The van der Waals surface area contributed by atoms with Gasteiger partial charge in [-0.1, -0.05) is 42.4 Å². The van der Waals surface area contributed by atoms with Crippen molar-refractivity contribution < 1.29 is 4.79 Å². The van der Waals surface area contributed by atoms with E-state index in [4.69, 9.17) is 0 Å². The van der Waals surface area contributed by atoms with Gasteiger partial charge in [-0.25, -0.2) is 0 Å². The van der Waals surface area contributed by atoms with Crippen LogP contribution >= 0.6 is 23.1 Å². The summed E-state index contributed by atoms with van der Waals surface area (Å²) in [6.07, 6.45) is 9.88. The molecule has 2 fully saturated rings. The van der Waals surface area contributed by atoms with Crippen LogP contribution in [0.25, 0.3) is 0 Å². The normalized spacial score (nSPS) is 25.7. The number of amides is 1. The number of thioether (sulfide) groups is 1. The van der Waals surface area contributed by atoms with E-state index in [1.165, 1.54) is 50.3 Å². The molecule has 2 atom stereocenters. The molecule has 0 radical (unpaired) electrons. The van der Waals surface area contributed by atoms with Crippen LogP contribution in [0.15, 0.2) is 4.34 Å². The number of carbonyl (C=O) groups is 1. The molecule has 1 aliphatic carbocycles. The Bertz CT molecular complexity index is 534. The maximum Gasteiger partial charge on any atom is 0.233 e. The summed E-state index contributed by atoms with van der Waals surface area (Å²) >= 11 is 3.10. The molecule has 0 unspecified atom stereocenters. The first kappa shape index (κ1) is 18.0. The third-order valence-corrected chi connectivity index (χ3v) is 7.11. The Balaban J connectivity index is 1.48. The number of carbonyl (C=O) groups excluding carboxylic acids is 1. The number of nitrogens with zero attached hydrogens (tertiary/aromatic N) is 3. The molecule has 1 N–H and O–H groups in total. The molecule has 2 aliphatic rings. The summed E-state index contributed by atoms with van der Waals surface area (Å²) in [6, 6.07) is 1.26. The van der Waals surface area contributed by atoms with Gasteiger partial charge in [-0.3, -0.25) is 4.79 Å². The lowest BCUT2D eigenvalue weighted by molar-refractivity contribution is -0.134. The van der Waals surface area contributed by atoms with Gasteiger partial charge in [0.1, 0.15) is 0 Å². The van der Waals surface area contributed by atoms with Crippen molar-refractivity contribution in [1.82, 2.24) is 15.1 Å². The molecule has 0 bridgehead atoms. The van der Waals surface area contributed by atoms with Crippen molar-refractivity contribution >= 4 is 34.1 Å². The number of nitrogens with one attached hydrogen (secondary N) is 1. The second-order valence-electron chi connectivity index (χ2n) is 7.07. The van der Waals surface area contributed by atoms with E-state index >= 15 is 0 Å². The predicted octanol–water partition coefficient (Wildman–Crippen LogP) is 4.16. The summed E-state index contributed by atoms with van der Waals surface area (Å²) in [5.41, 5.74) is 0. The highest BCUT2D eigenvalue weighted by molar-refractivity contribution is 8.01. The largest absolute Gasteiger partial charge is 0.357 e. The highest BCUT2D eigenvalue weighted by Crippen LogP contribution is 2.30. The number of anilines is 1. The molecule has 2 heterocycles. The second-order valence-corrected chi connectivity index (χ2v) is 9.27. The van der Waals surface area contributed by atoms with Crippen molar-refractivity contribution in [2.45, 2.75) is 87.7 Å². The van der Waals surface area contributed by atoms with Gasteiger partial charge in [0.25, 0.3) is 0 Å². The maximum absolute atomic E-state index is 12.6. The minimum atomic E-state index is 0.233.